The number of benzene rings is 2. The Labute approximate surface area is 109 Å². The summed E-state index contributed by atoms with van der Waals surface area (Å²) in [6.45, 7) is 0. The summed E-state index contributed by atoms with van der Waals surface area (Å²) in [6, 6.07) is 15.8. The average molecular weight is 249 g/mol. The van der Waals surface area contributed by atoms with Gasteiger partial charge in [0.25, 0.3) is 5.56 Å². The number of hydrogen-bond acceptors (Lipinski definition) is 2. The van der Waals surface area contributed by atoms with Gasteiger partial charge in [-0.25, -0.2) is 0 Å². The van der Waals surface area contributed by atoms with Crippen molar-refractivity contribution < 1.29 is 4.52 Å². The van der Waals surface area contributed by atoms with Crippen LogP contribution in [0, 0.1) is 0 Å². The van der Waals surface area contributed by atoms with Crippen LogP contribution in [0.2, 0.25) is 0 Å². The van der Waals surface area contributed by atoms with Crippen molar-refractivity contribution in [3.63, 3.8) is 0 Å². The summed E-state index contributed by atoms with van der Waals surface area (Å²) < 4.78 is 6.63. The van der Waals surface area contributed by atoms with E-state index in [1.807, 2.05) is 24.3 Å². The molecular formula is C16H11NO2. The van der Waals surface area contributed by atoms with Crippen LogP contribution in [0.25, 0.3) is 16.8 Å². The van der Waals surface area contributed by atoms with Gasteiger partial charge in [-0.15, -0.1) is 4.74 Å². The van der Waals surface area contributed by atoms with Crippen LogP contribution < -0.4 is 5.56 Å². The van der Waals surface area contributed by atoms with Crippen LogP contribution in [-0.2, 0) is 6.42 Å². The minimum atomic E-state index is -0.135. The van der Waals surface area contributed by atoms with Gasteiger partial charge in [0.2, 0.25) is 0 Å². The Balaban J connectivity index is 2.00. The first-order valence-corrected chi connectivity index (χ1v) is 6.22. The maximum absolute atomic E-state index is 11.8. The van der Waals surface area contributed by atoms with Gasteiger partial charge in [-0.3, -0.25) is 4.79 Å². The lowest BCUT2D eigenvalue weighted by Crippen LogP contribution is -2.12. The molecule has 3 aromatic rings. The summed E-state index contributed by atoms with van der Waals surface area (Å²) >= 11 is 0. The molecule has 1 heterocycles. The Hall–Kier alpha value is -2.55. The summed E-state index contributed by atoms with van der Waals surface area (Å²) in [5, 5.41) is 0. The molecule has 0 atom stereocenters. The third-order valence-electron chi connectivity index (χ3n) is 3.62. The Kier molecular flexibility index (Phi) is 2.03. The highest BCUT2D eigenvalue weighted by Gasteiger charge is 2.22. The molecule has 19 heavy (non-hydrogen) atoms. The van der Waals surface area contributed by atoms with Gasteiger partial charge >= 0.3 is 0 Å². The number of fused-ring (bicyclic) bond motifs is 3. The molecule has 0 radical (unpaired) electrons. The first-order chi connectivity index (χ1) is 9.34. The van der Waals surface area contributed by atoms with E-state index >= 15 is 0 Å². The minimum absolute atomic E-state index is 0.135. The molecule has 92 valence electrons. The molecule has 0 unspecified atom stereocenters. The second kappa shape index (κ2) is 3.72. The fourth-order valence-electron chi connectivity index (χ4n) is 2.78. The van der Waals surface area contributed by atoms with Crippen molar-refractivity contribution >= 4 is 0 Å². The summed E-state index contributed by atoms with van der Waals surface area (Å²) in [5.74, 6) is 0. The summed E-state index contributed by atoms with van der Waals surface area (Å²) in [4.78, 5) is 11.8. The zero-order valence-corrected chi connectivity index (χ0v) is 10.2. The van der Waals surface area contributed by atoms with Crippen molar-refractivity contribution in [1.29, 1.82) is 0 Å². The van der Waals surface area contributed by atoms with Crippen LogP contribution in [-0.4, -0.2) is 4.74 Å². The fourth-order valence-corrected chi connectivity index (χ4v) is 2.78. The second-order valence-electron chi connectivity index (χ2n) is 4.68. The van der Waals surface area contributed by atoms with Crippen molar-refractivity contribution in [3.8, 4) is 16.8 Å². The average Bonchev–Trinajstić information content (AvgIpc) is 3.02. The van der Waals surface area contributed by atoms with Crippen molar-refractivity contribution in [2.45, 2.75) is 6.42 Å². The van der Waals surface area contributed by atoms with Gasteiger partial charge in [0, 0.05) is 12.5 Å². The molecule has 0 fully saturated rings. The first kappa shape index (κ1) is 10.4. The highest BCUT2D eigenvalue weighted by atomic mass is 16.5. The maximum atomic E-state index is 11.8. The van der Waals surface area contributed by atoms with Crippen LogP contribution in [0.1, 0.15) is 11.1 Å². The van der Waals surface area contributed by atoms with Crippen molar-refractivity contribution in [1.82, 2.24) is 4.74 Å². The molecule has 2 aromatic carbocycles. The van der Waals surface area contributed by atoms with E-state index in [0.717, 1.165) is 17.7 Å². The Morgan fingerprint density at radius 2 is 1.79 bits per heavy atom. The highest BCUT2D eigenvalue weighted by Crippen LogP contribution is 2.38. The molecule has 0 spiro atoms. The molecule has 3 nitrogen and oxygen atoms in total. The van der Waals surface area contributed by atoms with Gasteiger partial charge in [-0.1, -0.05) is 36.4 Å². The van der Waals surface area contributed by atoms with Gasteiger partial charge in [-0.05, 0) is 28.3 Å². The quantitative estimate of drug-likeness (QED) is 0.520. The van der Waals surface area contributed by atoms with Crippen LogP contribution in [0.3, 0.4) is 0 Å². The molecule has 0 saturated heterocycles. The van der Waals surface area contributed by atoms with Crippen molar-refractivity contribution in [2.24, 2.45) is 0 Å². The van der Waals surface area contributed by atoms with Gasteiger partial charge < -0.3 is 4.52 Å². The summed E-state index contributed by atoms with van der Waals surface area (Å²) in [7, 11) is 0. The third-order valence-corrected chi connectivity index (χ3v) is 3.62. The lowest BCUT2D eigenvalue weighted by molar-refractivity contribution is 0.338. The van der Waals surface area contributed by atoms with Crippen LogP contribution >= 0.6 is 0 Å². The largest absolute Gasteiger partial charge is 0.379 e. The SMILES string of the molecule is O=c1ccon1-c1cccc2c1Cc1ccccc1-2. The third kappa shape index (κ3) is 1.41. The molecule has 0 saturated carbocycles. The zero-order valence-electron chi connectivity index (χ0n) is 10.2. The van der Waals surface area contributed by atoms with Crippen LogP contribution in [0.4, 0.5) is 0 Å². The Bertz CT molecular complexity index is 827. The predicted molar refractivity (Wildman–Crippen MR) is 72.5 cm³/mol. The van der Waals surface area contributed by atoms with E-state index in [0.29, 0.717) is 0 Å². The molecule has 0 N–H and O–H groups in total. The van der Waals surface area contributed by atoms with E-state index in [-0.39, 0.29) is 5.56 Å². The van der Waals surface area contributed by atoms with E-state index in [4.69, 9.17) is 4.52 Å². The van der Waals surface area contributed by atoms with Crippen LogP contribution in [0.15, 0.2) is 64.1 Å². The van der Waals surface area contributed by atoms with Gasteiger partial charge in [-0.2, -0.15) is 0 Å². The molecule has 1 aromatic heterocycles. The first-order valence-electron chi connectivity index (χ1n) is 6.22. The summed E-state index contributed by atoms with van der Waals surface area (Å²) in [6.07, 6.45) is 2.26. The zero-order chi connectivity index (χ0) is 12.8. The molecule has 4 rings (SSSR count). The van der Waals surface area contributed by atoms with Crippen molar-refractivity contribution in [2.75, 3.05) is 0 Å². The molecule has 0 amide bonds. The van der Waals surface area contributed by atoms with Gasteiger partial charge in [0.05, 0.1) is 5.69 Å². The highest BCUT2D eigenvalue weighted by molar-refractivity contribution is 5.79. The number of hydrogen-bond donors (Lipinski definition) is 0. The van der Waals surface area contributed by atoms with E-state index < -0.39 is 0 Å². The molecular weight excluding hydrogens is 238 g/mol. The lowest BCUT2D eigenvalue weighted by atomic mass is 10.1. The molecule has 1 aliphatic rings. The van der Waals surface area contributed by atoms with E-state index in [2.05, 4.69) is 18.2 Å². The second-order valence-corrected chi connectivity index (χ2v) is 4.68. The lowest BCUT2D eigenvalue weighted by Gasteiger charge is -2.06. The predicted octanol–water partition coefficient (Wildman–Crippen LogP) is 3.00. The van der Waals surface area contributed by atoms with E-state index in [9.17, 15) is 4.79 Å². The van der Waals surface area contributed by atoms with Gasteiger partial charge in [0.15, 0.2) is 0 Å². The topological polar surface area (TPSA) is 35.1 Å². The normalized spacial score (nSPS) is 12.2. The van der Waals surface area contributed by atoms with Gasteiger partial charge in [0.1, 0.15) is 6.26 Å². The fraction of sp³-hybridized carbons (Fsp3) is 0.0625. The van der Waals surface area contributed by atoms with E-state index in [1.54, 1.807) is 0 Å². The Morgan fingerprint density at radius 3 is 2.63 bits per heavy atom. The summed E-state index contributed by atoms with van der Waals surface area (Å²) in [5.41, 5.74) is 5.59. The molecule has 3 heteroatoms. The Morgan fingerprint density at radius 1 is 0.947 bits per heavy atom. The maximum Gasteiger partial charge on any atom is 0.287 e. The number of rotatable bonds is 1. The number of aromatic nitrogens is 1. The van der Waals surface area contributed by atoms with Crippen LogP contribution in [0.5, 0.6) is 0 Å². The molecule has 1 aliphatic carbocycles. The number of nitrogens with zero attached hydrogens (tertiary/aromatic N) is 1. The smallest absolute Gasteiger partial charge is 0.287 e. The van der Waals surface area contributed by atoms with E-state index in [1.165, 1.54) is 33.8 Å². The molecule has 0 bridgehead atoms. The minimum Gasteiger partial charge on any atom is -0.379 e. The monoisotopic (exact) mass is 249 g/mol. The molecule has 0 aliphatic heterocycles. The standard InChI is InChI=1S/C16H11NO2/c18-16-8-9-19-17(16)15-7-3-6-13-12-5-2-1-4-11(12)10-14(13)15/h1-9H,10H2. The van der Waals surface area contributed by atoms with Crippen molar-refractivity contribution in [3.05, 3.63) is 76.3 Å².